The Morgan fingerprint density at radius 1 is 1.18 bits per heavy atom. The molecule has 0 aliphatic rings. The van der Waals surface area contributed by atoms with Crippen molar-refractivity contribution in [2.24, 2.45) is 0 Å². The van der Waals surface area contributed by atoms with Crippen LogP contribution in [-0.2, 0) is 6.18 Å². The Morgan fingerprint density at radius 3 is 2.35 bits per heavy atom. The van der Waals surface area contributed by atoms with Crippen LogP contribution in [0, 0.1) is 0 Å². The molecule has 85 valence electrons. The van der Waals surface area contributed by atoms with Gasteiger partial charge in [0.2, 0.25) is 5.16 Å². The van der Waals surface area contributed by atoms with E-state index in [0.29, 0.717) is 0 Å². The van der Waals surface area contributed by atoms with E-state index in [2.05, 4.69) is 28.2 Å². The van der Waals surface area contributed by atoms with Gasteiger partial charge in [-0.3, -0.25) is 0 Å². The van der Waals surface area contributed by atoms with E-state index in [1.165, 1.54) is 18.2 Å². The summed E-state index contributed by atoms with van der Waals surface area (Å²) >= 11 is 3.86. The standard InChI is InChI=1S/C8H5F3N4S.K/c9-8(10,11)5-3-1-2-4-6(5)15-7(16)12-13-14-15;/h1-4H,(H,12,14,16);. The van der Waals surface area contributed by atoms with Crippen LogP contribution in [0.1, 0.15) is 5.56 Å². The van der Waals surface area contributed by atoms with E-state index >= 15 is 0 Å². The minimum absolute atomic E-state index is 0. The second-order valence-electron chi connectivity index (χ2n) is 2.91. The second kappa shape index (κ2) is 5.80. The van der Waals surface area contributed by atoms with Gasteiger partial charge in [-0.25, -0.2) is 0 Å². The fourth-order valence-corrected chi connectivity index (χ4v) is 1.42. The van der Waals surface area contributed by atoms with Crippen LogP contribution >= 0.6 is 12.6 Å². The van der Waals surface area contributed by atoms with Crippen molar-refractivity contribution in [2.45, 2.75) is 11.3 Å². The molecule has 2 rings (SSSR count). The van der Waals surface area contributed by atoms with Gasteiger partial charge in [0.25, 0.3) is 0 Å². The third-order valence-corrected chi connectivity index (χ3v) is 2.17. The summed E-state index contributed by atoms with van der Waals surface area (Å²) in [7, 11) is 0. The molecule has 0 saturated heterocycles. The molecule has 9 heteroatoms. The Labute approximate surface area is 142 Å². The number of nitrogens with zero attached hydrogens (tertiary/aromatic N) is 4. The van der Waals surface area contributed by atoms with Gasteiger partial charge >= 0.3 is 6.18 Å². The molecule has 0 bridgehead atoms. The zero-order chi connectivity index (χ0) is 11.8. The molecule has 0 spiro atoms. The molecule has 0 fully saturated rings. The fraction of sp³-hybridized carbons (Fsp3) is 0.125. The molecular formula is C8H5F3KN4S. The average molecular weight is 285 g/mol. The quantitative estimate of drug-likeness (QED) is 0.639. The Kier molecular flexibility index (Phi) is 5.16. The number of tetrazole rings is 1. The van der Waals surface area contributed by atoms with Crippen LogP contribution in [0.25, 0.3) is 5.69 Å². The Morgan fingerprint density at radius 2 is 1.82 bits per heavy atom. The van der Waals surface area contributed by atoms with Crippen LogP contribution in [0.3, 0.4) is 0 Å². The maximum Gasteiger partial charge on any atom is 0.418 e. The summed E-state index contributed by atoms with van der Waals surface area (Å²) in [6, 6.07) is 5.01. The number of rotatable bonds is 1. The van der Waals surface area contributed by atoms with Gasteiger partial charge in [0.15, 0.2) is 0 Å². The molecule has 0 saturated carbocycles. The topological polar surface area (TPSA) is 43.6 Å². The van der Waals surface area contributed by atoms with Crippen LogP contribution in [0.4, 0.5) is 13.2 Å². The molecule has 0 atom stereocenters. The number of alkyl halides is 3. The molecule has 1 aromatic heterocycles. The summed E-state index contributed by atoms with van der Waals surface area (Å²) < 4.78 is 38.9. The van der Waals surface area contributed by atoms with E-state index in [9.17, 15) is 13.2 Å². The first-order valence-electron chi connectivity index (χ1n) is 4.14. The van der Waals surface area contributed by atoms with Crippen molar-refractivity contribution in [2.75, 3.05) is 0 Å². The molecule has 0 unspecified atom stereocenters. The maximum atomic E-state index is 12.7. The Hall–Kier alpha value is 0.0664. The smallest absolute Gasteiger partial charge is 0.187 e. The van der Waals surface area contributed by atoms with Crippen molar-refractivity contribution >= 4 is 64.0 Å². The molecule has 1 aromatic carbocycles. The normalized spacial score (nSPS) is 11.1. The first-order chi connectivity index (χ1) is 7.50. The average Bonchev–Trinajstić information content (AvgIpc) is 2.63. The van der Waals surface area contributed by atoms with Crippen LogP contribution in [0.15, 0.2) is 29.4 Å². The summed E-state index contributed by atoms with van der Waals surface area (Å²) in [5, 5.41) is 10.1. The minimum atomic E-state index is -4.46. The number of para-hydroxylation sites is 1. The van der Waals surface area contributed by atoms with Gasteiger partial charge in [0.05, 0.1) is 11.3 Å². The van der Waals surface area contributed by atoms with Gasteiger partial charge in [-0.05, 0) is 22.6 Å². The molecule has 0 aliphatic heterocycles. The molecule has 1 heterocycles. The van der Waals surface area contributed by atoms with Crippen LogP contribution in [0.5, 0.6) is 0 Å². The monoisotopic (exact) mass is 285 g/mol. The summed E-state index contributed by atoms with van der Waals surface area (Å²) in [6.07, 6.45) is -4.46. The van der Waals surface area contributed by atoms with Crippen molar-refractivity contribution < 1.29 is 13.2 Å². The van der Waals surface area contributed by atoms with E-state index in [1.807, 2.05) is 0 Å². The number of aromatic nitrogens is 4. The fourth-order valence-electron chi connectivity index (χ4n) is 1.24. The van der Waals surface area contributed by atoms with E-state index in [1.54, 1.807) is 0 Å². The van der Waals surface area contributed by atoms with Crippen molar-refractivity contribution in [3.8, 4) is 5.69 Å². The molecule has 17 heavy (non-hydrogen) atoms. The van der Waals surface area contributed by atoms with Crippen molar-refractivity contribution in [1.82, 2.24) is 20.2 Å². The number of hydrogen-bond acceptors (Lipinski definition) is 4. The molecule has 0 aliphatic carbocycles. The maximum absolute atomic E-state index is 12.7. The van der Waals surface area contributed by atoms with Gasteiger partial charge in [-0.15, -0.1) is 17.7 Å². The first kappa shape index (κ1) is 15.1. The van der Waals surface area contributed by atoms with Gasteiger partial charge in [-0.2, -0.15) is 17.9 Å². The van der Waals surface area contributed by atoms with Crippen LogP contribution < -0.4 is 0 Å². The second-order valence-corrected chi connectivity index (χ2v) is 3.31. The Bertz CT molecular complexity index is 513. The van der Waals surface area contributed by atoms with Crippen molar-refractivity contribution in [3.63, 3.8) is 0 Å². The van der Waals surface area contributed by atoms with Gasteiger partial charge in [-0.1, -0.05) is 12.1 Å². The Balaban J connectivity index is 0.00000144. The van der Waals surface area contributed by atoms with E-state index in [-0.39, 0.29) is 62.2 Å². The number of hydrogen-bond donors (Lipinski definition) is 1. The molecule has 1 radical (unpaired) electrons. The summed E-state index contributed by atoms with van der Waals surface area (Å²) in [4.78, 5) is 0. The molecule has 0 N–H and O–H groups in total. The predicted molar refractivity (Wildman–Crippen MR) is 57.2 cm³/mol. The third-order valence-electron chi connectivity index (χ3n) is 1.89. The third kappa shape index (κ3) is 3.29. The minimum Gasteiger partial charge on any atom is -0.187 e. The molecule has 4 nitrogen and oxygen atoms in total. The zero-order valence-electron chi connectivity index (χ0n) is 8.68. The van der Waals surface area contributed by atoms with Crippen LogP contribution in [0.2, 0.25) is 0 Å². The molecule has 0 amide bonds. The number of thiol groups is 1. The van der Waals surface area contributed by atoms with E-state index < -0.39 is 11.7 Å². The number of halogens is 3. The van der Waals surface area contributed by atoms with Gasteiger partial charge < -0.3 is 0 Å². The predicted octanol–water partition coefficient (Wildman–Crippen LogP) is 1.59. The van der Waals surface area contributed by atoms with Gasteiger partial charge in [0, 0.05) is 51.4 Å². The van der Waals surface area contributed by atoms with Crippen molar-refractivity contribution in [3.05, 3.63) is 29.8 Å². The SMILES string of the molecule is FC(F)(F)c1ccccc1-n1nnnc1S.[K]. The summed E-state index contributed by atoms with van der Waals surface area (Å²) in [5.74, 6) is 0. The molecular weight excluding hydrogens is 280 g/mol. The summed E-state index contributed by atoms with van der Waals surface area (Å²) in [6.45, 7) is 0. The molecule has 2 aromatic rings. The largest absolute Gasteiger partial charge is 0.418 e. The van der Waals surface area contributed by atoms with Crippen LogP contribution in [-0.4, -0.2) is 71.6 Å². The van der Waals surface area contributed by atoms with Gasteiger partial charge in [0.1, 0.15) is 0 Å². The first-order valence-corrected chi connectivity index (χ1v) is 4.59. The van der Waals surface area contributed by atoms with E-state index in [4.69, 9.17) is 0 Å². The number of benzene rings is 1. The zero-order valence-corrected chi connectivity index (χ0v) is 12.7. The van der Waals surface area contributed by atoms with Crippen molar-refractivity contribution in [1.29, 1.82) is 0 Å². The summed E-state index contributed by atoms with van der Waals surface area (Å²) in [5.41, 5.74) is -0.956. The van der Waals surface area contributed by atoms with E-state index in [0.717, 1.165) is 10.7 Å².